The van der Waals surface area contributed by atoms with E-state index in [-0.39, 0.29) is 11.6 Å². The molecule has 3 aliphatic rings. The van der Waals surface area contributed by atoms with Crippen molar-refractivity contribution < 1.29 is 13.5 Å². The minimum Gasteiger partial charge on any atom is -0.380 e. The van der Waals surface area contributed by atoms with Gasteiger partial charge in [-0.2, -0.15) is 0 Å². The van der Waals surface area contributed by atoms with Crippen LogP contribution in [0.25, 0.3) is 16.7 Å². The second kappa shape index (κ2) is 7.90. The standard InChI is InChI=1S/C25H30F2N6O/c1-14-9-32(10-15(2)29-14)22-5-4-19-24(31-22)33-20-8-18(27)17(26)6-16(20)7-21(33)23(30-19)28-11-25(3)12-34-13-25/h4-8,14-15,23,28-30H,9-13H2,1-3H3/t14-,15+,23?. The van der Waals surface area contributed by atoms with Crippen molar-refractivity contribution in [3.05, 3.63) is 47.7 Å². The molecule has 3 aromatic rings. The lowest BCUT2D eigenvalue weighted by Crippen LogP contribution is -2.54. The van der Waals surface area contributed by atoms with Crippen LogP contribution in [0.2, 0.25) is 0 Å². The summed E-state index contributed by atoms with van der Waals surface area (Å²) in [6, 6.07) is 9.21. The zero-order valence-corrected chi connectivity index (χ0v) is 19.7. The highest BCUT2D eigenvalue weighted by molar-refractivity contribution is 5.86. The Morgan fingerprint density at radius 2 is 1.85 bits per heavy atom. The predicted molar refractivity (Wildman–Crippen MR) is 129 cm³/mol. The van der Waals surface area contributed by atoms with Crippen LogP contribution in [-0.4, -0.2) is 54.5 Å². The Morgan fingerprint density at radius 1 is 1.12 bits per heavy atom. The molecule has 34 heavy (non-hydrogen) atoms. The number of nitrogens with zero attached hydrogens (tertiary/aromatic N) is 3. The number of piperazine rings is 1. The van der Waals surface area contributed by atoms with Crippen LogP contribution < -0.4 is 20.9 Å². The highest BCUT2D eigenvalue weighted by Gasteiger charge is 2.36. The molecular formula is C25H30F2N6O. The third-order valence-corrected chi connectivity index (χ3v) is 7.06. The third-order valence-electron chi connectivity index (χ3n) is 7.06. The molecule has 2 saturated heterocycles. The monoisotopic (exact) mass is 468 g/mol. The van der Waals surface area contributed by atoms with Gasteiger partial charge in [-0.15, -0.1) is 0 Å². The van der Waals surface area contributed by atoms with E-state index in [2.05, 4.69) is 41.6 Å². The van der Waals surface area contributed by atoms with Gasteiger partial charge >= 0.3 is 0 Å². The molecule has 1 unspecified atom stereocenters. The number of hydrogen-bond acceptors (Lipinski definition) is 6. The third kappa shape index (κ3) is 3.62. The Morgan fingerprint density at radius 3 is 2.56 bits per heavy atom. The number of rotatable bonds is 4. The number of anilines is 2. The fourth-order valence-electron chi connectivity index (χ4n) is 5.37. The molecule has 7 nitrogen and oxygen atoms in total. The van der Waals surface area contributed by atoms with Gasteiger partial charge in [0.05, 0.1) is 30.1 Å². The second-order valence-corrected chi connectivity index (χ2v) is 10.4. The van der Waals surface area contributed by atoms with Gasteiger partial charge in [-0.3, -0.25) is 9.88 Å². The first-order chi connectivity index (χ1) is 16.3. The topological polar surface area (TPSA) is 66.4 Å². The quantitative estimate of drug-likeness (QED) is 0.545. The Bertz CT molecular complexity index is 1250. The summed E-state index contributed by atoms with van der Waals surface area (Å²) in [6.45, 7) is 10.4. The lowest BCUT2D eigenvalue weighted by molar-refractivity contribution is -0.0998. The van der Waals surface area contributed by atoms with Crippen molar-refractivity contribution >= 4 is 22.4 Å². The molecule has 180 valence electrons. The van der Waals surface area contributed by atoms with Crippen LogP contribution in [0.4, 0.5) is 20.3 Å². The van der Waals surface area contributed by atoms with E-state index in [1.54, 1.807) is 0 Å². The van der Waals surface area contributed by atoms with Gasteiger partial charge in [-0.25, -0.2) is 13.8 Å². The van der Waals surface area contributed by atoms with E-state index in [0.29, 0.717) is 28.8 Å². The summed E-state index contributed by atoms with van der Waals surface area (Å²) >= 11 is 0. The first kappa shape index (κ1) is 21.8. The molecule has 0 aliphatic carbocycles. The first-order valence-corrected chi connectivity index (χ1v) is 11.9. The maximum atomic E-state index is 14.3. The summed E-state index contributed by atoms with van der Waals surface area (Å²) < 4.78 is 35.8. The van der Waals surface area contributed by atoms with Crippen molar-refractivity contribution in [1.29, 1.82) is 0 Å². The van der Waals surface area contributed by atoms with Gasteiger partial charge in [0.2, 0.25) is 0 Å². The van der Waals surface area contributed by atoms with Crippen LogP contribution in [0.1, 0.15) is 32.6 Å². The molecule has 0 amide bonds. The van der Waals surface area contributed by atoms with Crippen LogP contribution in [0.5, 0.6) is 0 Å². The van der Waals surface area contributed by atoms with Crippen molar-refractivity contribution in [3.8, 4) is 5.82 Å². The van der Waals surface area contributed by atoms with Crippen LogP contribution in [0, 0.1) is 17.0 Å². The number of benzene rings is 1. The van der Waals surface area contributed by atoms with Gasteiger partial charge in [0.1, 0.15) is 12.0 Å². The van der Waals surface area contributed by atoms with Crippen molar-refractivity contribution in [2.45, 2.75) is 39.0 Å². The first-order valence-electron chi connectivity index (χ1n) is 11.9. The Kier molecular flexibility index (Phi) is 5.05. The molecule has 0 radical (unpaired) electrons. The minimum absolute atomic E-state index is 0.0782. The molecule has 9 heteroatoms. The molecule has 1 aromatic carbocycles. The van der Waals surface area contributed by atoms with E-state index in [4.69, 9.17) is 9.72 Å². The summed E-state index contributed by atoms with van der Waals surface area (Å²) in [4.78, 5) is 7.30. The summed E-state index contributed by atoms with van der Waals surface area (Å²) in [7, 11) is 0. The van der Waals surface area contributed by atoms with E-state index in [9.17, 15) is 8.78 Å². The fourth-order valence-corrected chi connectivity index (χ4v) is 5.37. The van der Waals surface area contributed by atoms with Gasteiger partial charge in [-0.1, -0.05) is 6.92 Å². The maximum Gasteiger partial charge on any atom is 0.163 e. The van der Waals surface area contributed by atoms with Gasteiger partial charge < -0.3 is 20.3 Å². The summed E-state index contributed by atoms with van der Waals surface area (Å²) in [5.74, 6) is -0.138. The number of nitrogens with one attached hydrogen (secondary N) is 3. The van der Waals surface area contributed by atoms with Gasteiger partial charge in [0.15, 0.2) is 17.5 Å². The molecule has 5 heterocycles. The second-order valence-electron chi connectivity index (χ2n) is 10.4. The van der Waals surface area contributed by atoms with Gasteiger partial charge in [0, 0.05) is 48.6 Å². The zero-order chi connectivity index (χ0) is 23.6. The molecule has 6 rings (SSSR count). The van der Waals surface area contributed by atoms with Crippen molar-refractivity contribution in [3.63, 3.8) is 0 Å². The molecule has 3 N–H and O–H groups in total. The summed E-state index contributed by atoms with van der Waals surface area (Å²) in [5.41, 5.74) is 2.41. The van der Waals surface area contributed by atoms with Crippen molar-refractivity contribution in [2.75, 3.05) is 43.1 Å². The highest BCUT2D eigenvalue weighted by atomic mass is 19.2. The number of aromatic nitrogens is 2. The van der Waals surface area contributed by atoms with Crippen LogP contribution >= 0.6 is 0 Å². The predicted octanol–water partition coefficient (Wildman–Crippen LogP) is 3.54. The Hall–Kier alpha value is -2.75. The SMILES string of the molecule is C[C@@H]1CN(c2ccc3c(n2)-n2c(cc4cc(F)c(F)cc42)C(NCC2(C)COC2)N3)C[C@H](C)N1. The number of hydrogen-bond donors (Lipinski definition) is 3. The number of halogens is 2. The number of fused-ring (bicyclic) bond motifs is 5. The van der Waals surface area contributed by atoms with Gasteiger partial charge in [-0.05, 0) is 38.1 Å². The molecule has 0 spiro atoms. The molecule has 2 fully saturated rings. The van der Waals surface area contributed by atoms with Crippen LogP contribution in [0.3, 0.4) is 0 Å². The fraction of sp³-hybridized carbons (Fsp3) is 0.480. The summed E-state index contributed by atoms with van der Waals surface area (Å²) in [6.07, 6.45) is -0.227. The molecular weight excluding hydrogens is 438 g/mol. The average Bonchev–Trinajstić information content (AvgIpc) is 3.14. The van der Waals surface area contributed by atoms with E-state index in [1.807, 2.05) is 22.8 Å². The highest BCUT2D eigenvalue weighted by Crippen LogP contribution is 2.38. The number of ether oxygens (including phenoxy) is 1. The lowest BCUT2D eigenvalue weighted by atomic mass is 9.88. The van der Waals surface area contributed by atoms with Crippen LogP contribution in [-0.2, 0) is 4.74 Å². The Balaban J connectivity index is 1.43. The van der Waals surface area contributed by atoms with Crippen molar-refractivity contribution in [2.24, 2.45) is 5.41 Å². The van der Waals surface area contributed by atoms with E-state index in [0.717, 1.165) is 50.0 Å². The molecule has 3 aliphatic heterocycles. The van der Waals surface area contributed by atoms with Crippen molar-refractivity contribution in [1.82, 2.24) is 20.2 Å². The summed E-state index contributed by atoms with van der Waals surface area (Å²) in [5, 5.41) is 11.3. The Labute approximate surface area is 197 Å². The molecule has 0 saturated carbocycles. The number of pyridine rings is 1. The largest absolute Gasteiger partial charge is 0.380 e. The van der Waals surface area contributed by atoms with Crippen LogP contribution in [0.15, 0.2) is 30.3 Å². The maximum absolute atomic E-state index is 14.3. The average molecular weight is 469 g/mol. The molecule has 2 aromatic heterocycles. The molecule has 0 bridgehead atoms. The smallest absolute Gasteiger partial charge is 0.163 e. The lowest BCUT2D eigenvalue weighted by Gasteiger charge is -2.40. The van der Waals surface area contributed by atoms with Gasteiger partial charge in [0.25, 0.3) is 0 Å². The minimum atomic E-state index is -0.863. The van der Waals surface area contributed by atoms with E-state index >= 15 is 0 Å². The van der Waals surface area contributed by atoms with E-state index in [1.165, 1.54) is 12.1 Å². The zero-order valence-electron chi connectivity index (χ0n) is 19.7. The van der Waals surface area contributed by atoms with E-state index < -0.39 is 11.6 Å². The normalized spacial score (nSPS) is 25.4. The molecule has 3 atom stereocenters.